The van der Waals surface area contributed by atoms with E-state index in [1.54, 1.807) is 12.2 Å². The standard InChI is InChI=1S/C16H17NO4/c1-9-2-4-10(5-3-9)8-17-15(18)13-11-6-7-12(21-11)14(13)16(19)20/h2-7,11-14H,8H2,1H3,(H,17,18)(H,19,20). The number of hydrogen-bond acceptors (Lipinski definition) is 3. The zero-order valence-corrected chi connectivity index (χ0v) is 11.7. The maximum atomic E-state index is 12.3. The lowest BCUT2D eigenvalue weighted by molar-refractivity contribution is -0.146. The molecular weight excluding hydrogens is 270 g/mol. The van der Waals surface area contributed by atoms with Crippen molar-refractivity contribution in [2.24, 2.45) is 11.8 Å². The Kier molecular flexibility index (Phi) is 3.51. The summed E-state index contributed by atoms with van der Waals surface area (Å²) in [6, 6.07) is 7.85. The van der Waals surface area contributed by atoms with E-state index >= 15 is 0 Å². The monoisotopic (exact) mass is 287 g/mol. The average Bonchev–Trinajstić information content (AvgIpc) is 3.06. The van der Waals surface area contributed by atoms with Gasteiger partial charge in [0.25, 0.3) is 0 Å². The highest BCUT2D eigenvalue weighted by molar-refractivity contribution is 5.87. The Balaban J connectivity index is 1.66. The van der Waals surface area contributed by atoms with Gasteiger partial charge in [-0.25, -0.2) is 0 Å². The van der Waals surface area contributed by atoms with E-state index in [2.05, 4.69) is 5.32 Å². The van der Waals surface area contributed by atoms with Crippen LogP contribution in [0.3, 0.4) is 0 Å². The number of aliphatic carboxylic acids is 1. The van der Waals surface area contributed by atoms with Gasteiger partial charge in [0.05, 0.1) is 18.1 Å². The molecule has 1 aromatic rings. The molecule has 2 N–H and O–H groups in total. The van der Waals surface area contributed by atoms with Crippen molar-refractivity contribution in [1.29, 1.82) is 0 Å². The minimum atomic E-state index is -0.984. The fourth-order valence-corrected chi connectivity index (χ4v) is 2.93. The molecule has 110 valence electrons. The summed E-state index contributed by atoms with van der Waals surface area (Å²) in [4.78, 5) is 23.6. The Hall–Kier alpha value is -2.14. The smallest absolute Gasteiger partial charge is 0.310 e. The molecule has 1 fully saturated rings. The molecule has 1 amide bonds. The highest BCUT2D eigenvalue weighted by atomic mass is 16.5. The van der Waals surface area contributed by atoms with Gasteiger partial charge >= 0.3 is 5.97 Å². The van der Waals surface area contributed by atoms with Crippen LogP contribution in [0.2, 0.25) is 0 Å². The van der Waals surface area contributed by atoms with Gasteiger partial charge in [0.1, 0.15) is 5.92 Å². The lowest BCUT2D eigenvalue weighted by Gasteiger charge is -2.21. The van der Waals surface area contributed by atoms with Crippen LogP contribution >= 0.6 is 0 Å². The van der Waals surface area contributed by atoms with Crippen molar-refractivity contribution in [2.45, 2.75) is 25.7 Å². The molecule has 21 heavy (non-hydrogen) atoms. The van der Waals surface area contributed by atoms with E-state index in [4.69, 9.17) is 4.74 Å². The summed E-state index contributed by atoms with van der Waals surface area (Å²) in [5, 5.41) is 12.1. The highest BCUT2D eigenvalue weighted by Crippen LogP contribution is 2.39. The van der Waals surface area contributed by atoms with E-state index in [1.165, 1.54) is 0 Å². The molecule has 1 aromatic carbocycles. The van der Waals surface area contributed by atoms with Crippen LogP contribution in [0.1, 0.15) is 11.1 Å². The van der Waals surface area contributed by atoms with E-state index in [-0.39, 0.29) is 5.91 Å². The Morgan fingerprint density at radius 1 is 1.14 bits per heavy atom. The van der Waals surface area contributed by atoms with Crippen LogP contribution < -0.4 is 5.32 Å². The SMILES string of the molecule is Cc1ccc(CNC(=O)C2C3C=CC(O3)C2C(=O)O)cc1. The summed E-state index contributed by atoms with van der Waals surface area (Å²) >= 11 is 0. The number of carbonyl (C=O) groups is 2. The normalized spacial score (nSPS) is 29.6. The Morgan fingerprint density at radius 3 is 2.38 bits per heavy atom. The van der Waals surface area contributed by atoms with Crippen molar-refractivity contribution in [3.8, 4) is 0 Å². The largest absolute Gasteiger partial charge is 0.481 e. The van der Waals surface area contributed by atoms with Crippen LogP contribution in [0, 0.1) is 18.8 Å². The molecule has 2 aliphatic rings. The first-order chi connectivity index (χ1) is 10.1. The van der Waals surface area contributed by atoms with E-state index in [0.29, 0.717) is 6.54 Å². The lowest BCUT2D eigenvalue weighted by Crippen LogP contribution is -2.42. The molecule has 0 saturated carbocycles. The van der Waals surface area contributed by atoms with Crippen molar-refractivity contribution in [1.82, 2.24) is 5.32 Å². The van der Waals surface area contributed by atoms with Gasteiger partial charge in [0, 0.05) is 6.54 Å². The van der Waals surface area contributed by atoms with Crippen LogP contribution in [0.15, 0.2) is 36.4 Å². The predicted octanol–water partition coefficient (Wildman–Crippen LogP) is 1.27. The molecular formula is C16H17NO4. The second-order valence-electron chi connectivity index (χ2n) is 5.54. The van der Waals surface area contributed by atoms with Crippen LogP contribution in [0.4, 0.5) is 0 Å². The number of fused-ring (bicyclic) bond motifs is 2. The van der Waals surface area contributed by atoms with Crippen LogP contribution in [-0.4, -0.2) is 29.2 Å². The fraction of sp³-hybridized carbons (Fsp3) is 0.375. The third kappa shape index (κ3) is 2.56. The van der Waals surface area contributed by atoms with Crippen LogP contribution in [0.25, 0.3) is 0 Å². The van der Waals surface area contributed by atoms with Gasteiger partial charge in [-0.1, -0.05) is 42.0 Å². The molecule has 5 heteroatoms. The second kappa shape index (κ2) is 5.33. The van der Waals surface area contributed by atoms with Crippen LogP contribution in [-0.2, 0) is 20.9 Å². The maximum absolute atomic E-state index is 12.3. The molecule has 4 atom stereocenters. The molecule has 2 heterocycles. The molecule has 0 aromatic heterocycles. The molecule has 1 saturated heterocycles. The van der Waals surface area contributed by atoms with E-state index in [1.807, 2.05) is 31.2 Å². The number of amides is 1. The summed E-state index contributed by atoms with van der Waals surface area (Å²) in [7, 11) is 0. The summed E-state index contributed by atoms with van der Waals surface area (Å²) in [6.45, 7) is 2.39. The van der Waals surface area contributed by atoms with Crippen molar-refractivity contribution in [3.63, 3.8) is 0 Å². The number of carboxylic acids is 1. The number of hydrogen-bond donors (Lipinski definition) is 2. The minimum Gasteiger partial charge on any atom is -0.481 e. The first-order valence-electron chi connectivity index (χ1n) is 6.96. The van der Waals surface area contributed by atoms with Crippen molar-refractivity contribution in [2.75, 3.05) is 0 Å². The first kappa shape index (κ1) is 13.8. The number of carboxylic acid groups (broad SMARTS) is 1. The zero-order chi connectivity index (χ0) is 15.0. The van der Waals surface area contributed by atoms with E-state index in [0.717, 1.165) is 11.1 Å². The summed E-state index contributed by atoms with van der Waals surface area (Å²) in [5.74, 6) is -2.69. The molecule has 0 spiro atoms. The maximum Gasteiger partial charge on any atom is 0.310 e. The van der Waals surface area contributed by atoms with Crippen LogP contribution in [0.5, 0.6) is 0 Å². The topological polar surface area (TPSA) is 75.6 Å². The molecule has 3 rings (SSSR count). The minimum absolute atomic E-state index is 0.264. The molecule has 0 radical (unpaired) electrons. The number of nitrogens with one attached hydrogen (secondary N) is 1. The number of aryl methyl sites for hydroxylation is 1. The summed E-state index contributed by atoms with van der Waals surface area (Å²) in [6.07, 6.45) is 2.60. The third-order valence-corrected chi connectivity index (χ3v) is 4.07. The Morgan fingerprint density at radius 2 is 1.76 bits per heavy atom. The second-order valence-corrected chi connectivity index (χ2v) is 5.54. The van der Waals surface area contributed by atoms with Crippen molar-refractivity contribution < 1.29 is 19.4 Å². The average molecular weight is 287 g/mol. The first-order valence-corrected chi connectivity index (χ1v) is 6.96. The van der Waals surface area contributed by atoms with E-state index < -0.39 is 30.0 Å². The molecule has 0 aliphatic carbocycles. The van der Waals surface area contributed by atoms with Gasteiger partial charge in [0.2, 0.25) is 5.91 Å². The molecule has 2 aliphatic heterocycles. The number of rotatable bonds is 4. The highest BCUT2D eigenvalue weighted by Gasteiger charge is 2.53. The van der Waals surface area contributed by atoms with Crippen molar-refractivity contribution >= 4 is 11.9 Å². The zero-order valence-electron chi connectivity index (χ0n) is 11.7. The van der Waals surface area contributed by atoms with Gasteiger partial charge in [-0.3, -0.25) is 9.59 Å². The van der Waals surface area contributed by atoms with Gasteiger partial charge in [-0.15, -0.1) is 0 Å². The van der Waals surface area contributed by atoms with Gasteiger partial charge in [-0.2, -0.15) is 0 Å². The summed E-state index contributed by atoms with van der Waals surface area (Å²) < 4.78 is 5.49. The van der Waals surface area contributed by atoms with Gasteiger partial charge in [-0.05, 0) is 12.5 Å². The van der Waals surface area contributed by atoms with E-state index in [9.17, 15) is 14.7 Å². The predicted molar refractivity (Wildman–Crippen MR) is 75.4 cm³/mol. The molecule has 5 nitrogen and oxygen atoms in total. The third-order valence-electron chi connectivity index (χ3n) is 4.07. The van der Waals surface area contributed by atoms with Crippen molar-refractivity contribution in [3.05, 3.63) is 47.5 Å². The van der Waals surface area contributed by atoms with Gasteiger partial charge < -0.3 is 15.2 Å². The quantitative estimate of drug-likeness (QED) is 0.818. The summed E-state index contributed by atoms with van der Waals surface area (Å²) in [5.41, 5.74) is 2.14. The lowest BCUT2D eigenvalue weighted by atomic mass is 9.82. The fourth-order valence-electron chi connectivity index (χ4n) is 2.93. The Labute approximate surface area is 122 Å². The number of ether oxygens (including phenoxy) is 1. The number of benzene rings is 1. The van der Waals surface area contributed by atoms with Gasteiger partial charge in [0.15, 0.2) is 0 Å². The number of carbonyl (C=O) groups excluding carboxylic acids is 1. The molecule has 2 bridgehead atoms. The Bertz CT molecular complexity index is 593. The molecule has 4 unspecified atom stereocenters.